The van der Waals surface area contributed by atoms with E-state index in [9.17, 15) is 4.39 Å². The van der Waals surface area contributed by atoms with E-state index in [4.69, 9.17) is 22.4 Å². The van der Waals surface area contributed by atoms with Crippen LogP contribution in [0.3, 0.4) is 0 Å². The largest absolute Gasteiger partial charge is 0.504 e. The summed E-state index contributed by atoms with van der Waals surface area (Å²) in [5, 5.41) is 8.87. The first-order chi connectivity index (χ1) is 5.15. The summed E-state index contributed by atoms with van der Waals surface area (Å²) >= 11 is 5.45. The molecule has 0 unspecified atom stereocenters. The Balaban J connectivity index is 3.21. The first-order valence-corrected chi connectivity index (χ1v) is 3.40. The van der Waals surface area contributed by atoms with E-state index in [0.29, 0.717) is 5.56 Å². The number of hydrogen-bond donors (Lipinski definition) is 2. The van der Waals surface area contributed by atoms with Crippen molar-refractivity contribution < 1.29 is 9.50 Å². The Morgan fingerprint density at radius 2 is 2.18 bits per heavy atom. The summed E-state index contributed by atoms with van der Waals surface area (Å²) in [5.74, 6) is -1.26. The minimum atomic E-state index is -0.738. The van der Waals surface area contributed by atoms with Gasteiger partial charge in [0.15, 0.2) is 11.6 Å². The van der Waals surface area contributed by atoms with E-state index in [0.717, 1.165) is 6.07 Å². The normalized spacial score (nSPS) is 10.1. The second kappa shape index (κ2) is 3.07. The lowest BCUT2D eigenvalue weighted by atomic mass is 10.2. The number of phenolic OH excluding ortho intramolecular Hbond substituents is 1. The van der Waals surface area contributed by atoms with Gasteiger partial charge in [0.1, 0.15) is 0 Å². The zero-order valence-corrected chi connectivity index (χ0v) is 6.40. The Bertz CT molecular complexity index is 254. The maximum atomic E-state index is 12.6. The van der Waals surface area contributed by atoms with Crippen molar-refractivity contribution in [2.75, 3.05) is 0 Å². The standard InChI is InChI=1S/C7H7ClFNO/c8-5-1-4(3-10)2-6(9)7(5)11/h1-2,11H,3,10H2. The van der Waals surface area contributed by atoms with Crippen LogP contribution in [-0.4, -0.2) is 5.11 Å². The molecule has 0 heterocycles. The van der Waals surface area contributed by atoms with Crippen LogP contribution in [0.15, 0.2) is 12.1 Å². The van der Waals surface area contributed by atoms with E-state index < -0.39 is 11.6 Å². The Kier molecular flexibility index (Phi) is 2.31. The average Bonchev–Trinajstić information content (AvgIpc) is 1.99. The van der Waals surface area contributed by atoms with Crippen LogP contribution >= 0.6 is 11.6 Å². The number of benzene rings is 1. The van der Waals surface area contributed by atoms with Gasteiger partial charge < -0.3 is 10.8 Å². The lowest BCUT2D eigenvalue weighted by Crippen LogP contribution is -1.96. The van der Waals surface area contributed by atoms with E-state index in [1.807, 2.05) is 0 Å². The third kappa shape index (κ3) is 1.61. The fourth-order valence-electron chi connectivity index (χ4n) is 0.736. The molecule has 11 heavy (non-hydrogen) atoms. The van der Waals surface area contributed by atoms with Gasteiger partial charge in [-0.25, -0.2) is 4.39 Å². The molecule has 0 fully saturated rings. The molecular formula is C7H7ClFNO. The van der Waals surface area contributed by atoms with Crippen LogP contribution in [0.25, 0.3) is 0 Å². The summed E-state index contributed by atoms with van der Waals surface area (Å²) in [6.45, 7) is 0.205. The van der Waals surface area contributed by atoms with Gasteiger partial charge in [-0.05, 0) is 17.7 Å². The van der Waals surface area contributed by atoms with Gasteiger partial charge in [-0.15, -0.1) is 0 Å². The number of rotatable bonds is 1. The van der Waals surface area contributed by atoms with E-state index in [1.54, 1.807) is 0 Å². The Labute approximate surface area is 68.4 Å². The zero-order chi connectivity index (χ0) is 8.43. The second-order valence-electron chi connectivity index (χ2n) is 2.11. The lowest BCUT2D eigenvalue weighted by molar-refractivity contribution is 0.432. The van der Waals surface area contributed by atoms with Gasteiger partial charge in [0, 0.05) is 6.54 Å². The Hall–Kier alpha value is -0.800. The van der Waals surface area contributed by atoms with Crippen molar-refractivity contribution >= 4 is 11.6 Å². The molecule has 0 aliphatic heterocycles. The van der Waals surface area contributed by atoms with Crippen LogP contribution in [0.4, 0.5) is 4.39 Å². The van der Waals surface area contributed by atoms with Crippen LogP contribution in [0.5, 0.6) is 5.75 Å². The van der Waals surface area contributed by atoms with Gasteiger partial charge in [-0.1, -0.05) is 11.6 Å². The Morgan fingerprint density at radius 1 is 1.55 bits per heavy atom. The summed E-state index contributed by atoms with van der Waals surface area (Å²) in [6, 6.07) is 2.58. The highest BCUT2D eigenvalue weighted by Crippen LogP contribution is 2.27. The van der Waals surface area contributed by atoms with Crippen molar-refractivity contribution in [3.05, 3.63) is 28.5 Å². The Morgan fingerprint density at radius 3 is 2.64 bits per heavy atom. The number of hydrogen-bond acceptors (Lipinski definition) is 2. The number of nitrogens with two attached hydrogens (primary N) is 1. The molecule has 0 amide bonds. The number of phenols is 1. The van der Waals surface area contributed by atoms with E-state index in [-0.39, 0.29) is 11.6 Å². The van der Waals surface area contributed by atoms with Crippen LogP contribution in [0, 0.1) is 5.82 Å². The first-order valence-electron chi connectivity index (χ1n) is 3.02. The molecule has 2 nitrogen and oxygen atoms in total. The zero-order valence-electron chi connectivity index (χ0n) is 5.64. The van der Waals surface area contributed by atoms with Gasteiger partial charge in [-0.3, -0.25) is 0 Å². The predicted molar refractivity (Wildman–Crippen MR) is 41.0 cm³/mol. The highest BCUT2D eigenvalue weighted by molar-refractivity contribution is 6.32. The highest BCUT2D eigenvalue weighted by Gasteiger charge is 2.06. The molecule has 0 saturated heterocycles. The van der Waals surface area contributed by atoms with E-state index in [2.05, 4.69) is 0 Å². The van der Waals surface area contributed by atoms with Gasteiger partial charge >= 0.3 is 0 Å². The predicted octanol–water partition coefficient (Wildman–Crippen LogP) is 1.64. The molecule has 60 valence electrons. The summed E-state index contributed by atoms with van der Waals surface area (Å²) < 4.78 is 12.6. The molecule has 1 rings (SSSR count). The quantitative estimate of drug-likeness (QED) is 0.682. The molecule has 1 aromatic rings. The maximum Gasteiger partial charge on any atom is 0.170 e. The minimum Gasteiger partial charge on any atom is -0.504 e. The van der Waals surface area contributed by atoms with Gasteiger partial charge in [0.25, 0.3) is 0 Å². The second-order valence-corrected chi connectivity index (χ2v) is 2.52. The molecule has 0 spiro atoms. The summed E-state index contributed by atoms with van der Waals surface area (Å²) in [6.07, 6.45) is 0. The third-order valence-corrected chi connectivity index (χ3v) is 1.60. The molecule has 0 aromatic heterocycles. The van der Waals surface area contributed by atoms with E-state index >= 15 is 0 Å². The minimum absolute atomic E-state index is 0.00884. The molecule has 1 aromatic carbocycles. The summed E-state index contributed by atoms with van der Waals surface area (Å²) in [7, 11) is 0. The van der Waals surface area contributed by atoms with Crippen LogP contribution in [0.2, 0.25) is 5.02 Å². The van der Waals surface area contributed by atoms with Crippen molar-refractivity contribution in [1.29, 1.82) is 0 Å². The van der Waals surface area contributed by atoms with Crippen molar-refractivity contribution in [2.24, 2.45) is 5.73 Å². The lowest BCUT2D eigenvalue weighted by Gasteiger charge is -2.01. The molecule has 4 heteroatoms. The molecule has 0 radical (unpaired) electrons. The molecule has 0 aliphatic carbocycles. The van der Waals surface area contributed by atoms with Crippen molar-refractivity contribution in [3.63, 3.8) is 0 Å². The summed E-state index contributed by atoms with van der Waals surface area (Å²) in [5.41, 5.74) is 5.79. The van der Waals surface area contributed by atoms with Crippen molar-refractivity contribution in [2.45, 2.75) is 6.54 Å². The fraction of sp³-hybridized carbons (Fsp3) is 0.143. The van der Waals surface area contributed by atoms with E-state index in [1.165, 1.54) is 6.07 Å². The summed E-state index contributed by atoms with van der Waals surface area (Å²) in [4.78, 5) is 0. The molecule has 0 atom stereocenters. The van der Waals surface area contributed by atoms with Crippen LogP contribution in [0.1, 0.15) is 5.56 Å². The molecular weight excluding hydrogens is 169 g/mol. The average molecular weight is 176 g/mol. The molecule has 0 saturated carbocycles. The smallest absolute Gasteiger partial charge is 0.170 e. The van der Waals surface area contributed by atoms with Gasteiger partial charge in [-0.2, -0.15) is 0 Å². The number of halogens is 2. The third-order valence-electron chi connectivity index (χ3n) is 1.31. The van der Waals surface area contributed by atoms with Crippen LogP contribution in [-0.2, 0) is 6.54 Å². The molecule has 3 N–H and O–H groups in total. The monoisotopic (exact) mass is 175 g/mol. The molecule has 0 aliphatic rings. The highest BCUT2D eigenvalue weighted by atomic mass is 35.5. The van der Waals surface area contributed by atoms with Crippen molar-refractivity contribution in [1.82, 2.24) is 0 Å². The van der Waals surface area contributed by atoms with Crippen molar-refractivity contribution in [3.8, 4) is 5.75 Å². The van der Waals surface area contributed by atoms with Gasteiger partial charge in [0.2, 0.25) is 0 Å². The fourth-order valence-corrected chi connectivity index (χ4v) is 0.966. The number of aromatic hydroxyl groups is 1. The topological polar surface area (TPSA) is 46.2 Å². The SMILES string of the molecule is NCc1cc(F)c(O)c(Cl)c1. The molecule has 0 bridgehead atoms. The van der Waals surface area contributed by atoms with Gasteiger partial charge in [0.05, 0.1) is 5.02 Å². The maximum absolute atomic E-state index is 12.6. The van der Waals surface area contributed by atoms with Crippen LogP contribution < -0.4 is 5.73 Å². The first kappa shape index (κ1) is 8.30.